The first-order chi connectivity index (χ1) is 11.6. The molecule has 0 heterocycles. The molecule has 2 rings (SSSR count). The van der Waals surface area contributed by atoms with Crippen molar-refractivity contribution in [3.63, 3.8) is 0 Å². The average Bonchev–Trinajstić information content (AvgIpc) is 2.60. The molecule has 0 aliphatic carbocycles. The van der Waals surface area contributed by atoms with E-state index in [4.69, 9.17) is 14.2 Å². The van der Waals surface area contributed by atoms with Crippen LogP contribution in [0.1, 0.15) is 6.92 Å². The van der Waals surface area contributed by atoms with Gasteiger partial charge in [-0.25, -0.2) is 4.39 Å². The van der Waals surface area contributed by atoms with Gasteiger partial charge in [0.15, 0.2) is 6.10 Å². The highest BCUT2D eigenvalue weighted by atomic mass is 19.1. The summed E-state index contributed by atoms with van der Waals surface area (Å²) in [6, 6.07) is 12.7. The highest BCUT2D eigenvalue weighted by molar-refractivity contribution is 5.80. The van der Waals surface area contributed by atoms with Gasteiger partial charge >= 0.3 is 0 Å². The lowest BCUT2D eigenvalue weighted by Crippen LogP contribution is -2.38. The molecule has 0 aliphatic heterocycles. The number of carbonyl (C=O) groups is 1. The van der Waals surface area contributed by atoms with Crippen molar-refractivity contribution in [1.82, 2.24) is 5.32 Å². The summed E-state index contributed by atoms with van der Waals surface area (Å²) in [7, 11) is 1.59. The Morgan fingerprint density at radius 3 is 2.54 bits per heavy atom. The lowest BCUT2D eigenvalue weighted by Gasteiger charge is -2.15. The fourth-order valence-corrected chi connectivity index (χ4v) is 1.95. The predicted molar refractivity (Wildman–Crippen MR) is 88.0 cm³/mol. The highest BCUT2D eigenvalue weighted by Gasteiger charge is 2.14. The van der Waals surface area contributed by atoms with E-state index in [2.05, 4.69) is 5.32 Å². The molecule has 0 unspecified atom stereocenters. The number of nitrogens with one attached hydrogen (secondary N) is 1. The van der Waals surface area contributed by atoms with Crippen LogP contribution >= 0.6 is 0 Å². The second-order valence-corrected chi connectivity index (χ2v) is 5.03. The molecule has 0 saturated carbocycles. The summed E-state index contributed by atoms with van der Waals surface area (Å²) in [4.78, 5) is 11.9. The number of halogens is 1. The van der Waals surface area contributed by atoms with Crippen LogP contribution in [0.15, 0.2) is 48.5 Å². The molecule has 2 aromatic carbocycles. The fourth-order valence-electron chi connectivity index (χ4n) is 1.95. The summed E-state index contributed by atoms with van der Waals surface area (Å²) in [6.45, 7) is 2.29. The summed E-state index contributed by atoms with van der Waals surface area (Å²) in [5.74, 6) is 1.19. The van der Waals surface area contributed by atoms with Gasteiger partial charge in [0.05, 0.1) is 13.7 Å². The topological polar surface area (TPSA) is 56.8 Å². The van der Waals surface area contributed by atoms with Crippen LogP contribution in [0.2, 0.25) is 0 Å². The van der Waals surface area contributed by atoms with Crippen LogP contribution in [-0.4, -0.2) is 32.3 Å². The summed E-state index contributed by atoms with van der Waals surface area (Å²) >= 11 is 0. The van der Waals surface area contributed by atoms with Crippen molar-refractivity contribution in [1.29, 1.82) is 0 Å². The van der Waals surface area contributed by atoms with Gasteiger partial charge in [-0.15, -0.1) is 0 Å². The molecule has 0 bridgehead atoms. The third-order valence-electron chi connectivity index (χ3n) is 3.21. The SMILES string of the molecule is COc1cccc(OCCNC(=O)[C@H](C)Oc2ccc(F)cc2)c1. The van der Waals surface area contributed by atoms with Gasteiger partial charge in [0.1, 0.15) is 29.7 Å². The second kappa shape index (κ2) is 8.76. The van der Waals surface area contributed by atoms with Crippen LogP contribution in [-0.2, 0) is 4.79 Å². The van der Waals surface area contributed by atoms with Crippen LogP contribution in [0, 0.1) is 5.82 Å². The van der Waals surface area contributed by atoms with E-state index < -0.39 is 6.10 Å². The Balaban J connectivity index is 1.71. The largest absolute Gasteiger partial charge is 0.497 e. The van der Waals surface area contributed by atoms with Crippen LogP contribution in [0.4, 0.5) is 4.39 Å². The quantitative estimate of drug-likeness (QED) is 0.755. The zero-order chi connectivity index (χ0) is 17.4. The molecule has 0 fully saturated rings. The van der Waals surface area contributed by atoms with Gasteiger partial charge in [-0.05, 0) is 43.3 Å². The molecule has 0 spiro atoms. The molecule has 0 aromatic heterocycles. The minimum absolute atomic E-state index is 0.270. The number of ether oxygens (including phenoxy) is 3. The van der Waals surface area contributed by atoms with Crippen molar-refractivity contribution in [3.05, 3.63) is 54.3 Å². The van der Waals surface area contributed by atoms with Gasteiger partial charge in [-0.3, -0.25) is 4.79 Å². The molecule has 1 atom stereocenters. The minimum Gasteiger partial charge on any atom is -0.497 e. The second-order valence-electron chi connectivity index (χ2n) is 5.03. The smallest absolute Gasteiger partial charge is 0.260 e. The normalized spacial score (nSPS) is 11.5. The third-order valence-corrected chi connectivity index (χ3v) is 3.21. The summed E-state index contributed by atoms with van der Waals surface area (Å²) in [6.07, 6.45) is -0.688. The summed E-state index contributed by atoms with van der Waals surface area (Å²) < 4.78 is 28.9. The van der Waals surface area contributed by atoms with Crippen molar-refractivity contribution < 1.29 is 23.4 Å². The van der Waals surface area contributed by atoms with Crippen LogP contribution in [0.5, 0.6) is 17.2 Å². The standard InChI is InChI=1S/C18H20FNO4/c1-13(24-15-8-6-14(19)7-9-15)18(21)20-10-11-23-17-5-3-4-16(12-17)22-2/h3-9,12-13H,10-11H2,1-2H3,(H,20,21)/t13-/m0/s1. The lowest BCUT2D eigenvalue weighted by molar-refractivity contribution is -0.127. The third kappa shape index (κ3) is 5.46. The number of benzene rings is 2. The van der Waals surface area contributed by atoms with Crippen molar-refractivity contribution in [2.24, 2.45) is 0 Å². The number of hydrogen-bond acceptors (Lipinski definition) is 4. The Kier molecular flexibility index (Phi) is 6.42. The number of carbonyl (C=O) groups excluding carboxylic acids is 1. The zero-order valence-corrected chi connectivity index (χ0v) is 13.6. The van der Waals surface area contributed by atoms with Crippen molar-refractivity contribution in [2.45, 2.75) is 13.0 Å². The Labute approximate surface area is 140 Å². The van der Waals surface area contributed by atoms with E-state index in [1.807, 2.05) is 18.2 Å². The van der Waals surface area contributed by atoms with Crippen molar-refractivity contribution >= 4 is 5.91 Å². The van der Waals surface area contributed by atoms with Gasteiger partial charge in [0.2, 0.25) is 0 Å². The number of rotatable bonds is 8. The number of amides is 1. The fraction of sp³-hybridized carbons (Fsp3) is 0.278. The lowest BCUT2D eigenvalue weighted by atomic mass is 10.3. The molecule has 5 nitrogen and oxygen atoms in total. The molecule has 0 radical (unpaired) electrons. The van der Waals surface area contributed by atoms with Gasteiger partial charge < -0.3 is 19.5 Å². The Hall–Kier alpha value is -2.76. The molecular weight excluding hydrogens is 313 g/mol. The molecule has 0 saturated heterocycles. The molecule has 0 aliphatic rings. The van der Waals surface area contributed by atoms with Gasteiger partial charge in [-0.1, -0.05) is 6.07 Å². The van der Waals surface area contributed by atoms with E-state index in [1.165, 1.54) is 24.3 Å². The zero-order valence-electron chi connectivity index (χ0n) is 13.6. The molecule has 1 amide bonds. The Morgan fingerprint density at radius 2 is 1.83 bits per heavy atom. The average molecular weight is 333 g/mol. The summed E-state index contributed by atoms with van der Waals surface area (Å²) in [5.41, 5.74) is 0. The maximum Gasteiger partial charge on any atom is 0.260 e. The van der Waals surface area contributed by atoms with Crippen LogP contribution in [0.25, 0.3) is 0 Å². The van der Waals surface area contributed by atoms with Crippen LogP contribution in [0.3, 0.4) is 0 Å². The summed E-state index contributed by atoms with van der Waals surface area (Å²) in [5, 5.41) is 2.72. The highest BCUT2D eigenvalue weighted by Crippen LogP contribution is 2.18. The molecule has 1 N–H and O–H groups in total. The van der Waals surface area contributed by atoms with Gasteiger partial charge in [-0.2, -0.15) is 0 Å². The molecule has 6 heteroatoms. The van der Waals surface area contributed by atoms with E-state index in [-0.39, 0.29) is 11.7 Å². The minimum atomic E-state index is -0.688. The first-order valence-corrected chi connectivity index (χ1v) is 7.55. The van der Waals surface area contributed by atoms with Gasteiger partial charge in [0.25, 0.3) is 5.91 Å². The van der Waals surface area contributed by atoms with E-state index in [0.29, 0.717) is 30.4 Å². The van der Waals surface area contributed by atoms with E-state index >= 15 is 0 Å². The monoisotopic (exact) mass is 333 g/mol. The Morgan fingerprint density at radius 1 is 1.12 bits per heavy atom. The molecular formula is C18H20FNO4. The van der Waals surface area contributed by atoms with Crippen molar-refractivity contribution in [3.8, 4) is 17.2 Å². The number of methoxy groups -OCH3 is 1. The molecule has 128 valence electrons. The van der Waals surface area contributed by atoms with Gasteiger partial charge in [0, 0.05) is 6.07 Å². The Bertz CT molecular complexity index is 660. The molecule has 24 heavy (non-hydrogen) atoms. The first kappa shape index (κ1) is 17.6. The maximum absolute atomic E-state index is 12.8. The first-order valence-electron chi connectivity index (χ1n) is 7.55. The number of hydrogen-bond donors (Lipinski definition) is 1. The molecule has 2 aromatic rings. The van der Waals surface area contributed by atoms with Crippen LogP contribution < -0.4 is 19.5 Å². The predicted octanol–water partition coefficient (Wildman–Crippen LogP) is 2.80. The van der Waals surface area contributed by atoms with E-state index in [0.717, 1.165) is 0 Å². The van der Waals surface area contributed by atoms with E-state index in [1.54, 1.807) is 20.1 Å². The van der Waals surface area contributed by atoms with Crippen molar-refractivity contribution in [2.75, 3.05) is 20.3 Å². The maximum atomic E-state index is 12.8. The van der Waals surface area contributed by atoms with E-state index in [9.17, 15) is 9.18 Å².